The lowest BCUT2D eigenvalue weighted by molar-refractivity contribution is 0.462. The van der Waals surface area contributed by atoms with E-state index in [4.69, 9.17) is 3.87 Å². The Hall–Kier alpha value is 0.127. The average molecular weight is 210 g/mol. The SMILES string of the molecule is CC(C)(C)[Si](C)(C)OS(C)(=O)=O. The summed E-state index contributed by atoms with van der Waals surface area (Å²) in [4.78, 5) is 0. The molecule has 74 valence electrons. The van der Waals surface area contributed by atoms with Gasteiger partial charge in [0.05, 0.1) is 6.26 Å². The molecule has 0 amide bonds. The van der Waals surface area contributed by atoms with E-state index in [2.05, 4.69) is 0 Å². The minimum Gasteiger partial charge on any atom is -0.315 e. The van der Waals surface area contributed by atoms with Crippen molar-refractivity contribution in [3.8, 4) is 0 Å². The Kier molecular flexibility index (Phi) is 3.15. The summed E-state index contributed by atoms with van der Waals surface area (Å²) < 4.78 is 26.9. The number of hydrogen-bond donors (Lipinski definition) is 0. The molecule has 0 N–H and O–H groups in total. The Balaban J connectivity index is 4.67. The van der Waals surface area contributed by atoms with Gasteiger partial charge in [-0.2, -0.15) is 0 Å². The molecule has 12 heavy (non-hydrogen) atoms. The van der Waals surface area contributed by atoms with Crippen molar-refractivity contribution in [3.05, 3.63) is 0 Å². The zero-order chi connectivity index (χ0) is 10.2. The summed E-state index contributed by atoms with van der Waals surface area (Å²) in [5.74, 6) is 0. The molecular weight excluding hydrogens is 192 g/mol. The van der Waals surface area contributed by atoms with Crippen molar-refractivity contribution >= 4 is 18.4 Å². The lowest BCUT2D eigenvalue weighted by atomic mass is 10.2. The van der Waals surface area contributed by atoms with Crippen LogP contribution in [0.1, 0.15) is 20.8 Å². The number of hydrogen-bond acceptors (Lipinski definition) is 3. The van der Waals surface area contributed by atoms with Crippen LogP contribution in [0.25, 0.3) is 0 Å². The van der Waals surface area contributed by atoms with E-state index in [1.165, 1.54) is 0 Å². The largest absolute Gasteiger partial charge is 0.315 e. The smallest absolute Gasteiger partial charge is 0.254 e. The van der Waals surface area contributed by atoms with Gasteiger partial charge in [-0.15, -0.1) is 0 Å². The van der Waals surface area contributed by atoms with Crippen LogP contribution in [0.15, 0.2) is 0 Å². The highest BCUT2D eigenvalue weighted by Gasteiger charge is 2.40. The highest BCUT2D eigenvalue weighted by molar-refractivity contribution is 7.87. The van der Waals surface area contributed by atoms with Crippen LogP contribution in [0.5, 0.6) is 0 Å². The third-order valence-corrected chi connectivity index (χ3v) is 8.66. The van der Waals surface area contributed by atoms with Gasteiger partial charge in [-0.1, -0.05) is 20.8 Å². The summed E-state index contributed by atoms with van der Waals surface area (Å²) in [7, 11) is -5.43. The molecule has 0 aromatic heterocycles. The molecule has 0 aliphatic heterocycles. The molecule has 0 fully saturated rings. The summed E-state index contributed by atoms with van der Waals surface area (Å²) in [5, 5.41) is -0.0594. The summed E-state index contributed by atoms with van der Waals surface area (Å²) in [5.41, 5.74) is 0. The van der Waals surface area contributed by atoms with Crippen molar-refractivity contribution in [2.75, 3.05) is 6.26 Å². The Morgan fingerprint density at radius 3 is 1.58 bits per heavy atom. The van der Waals surface area contributed by atoms with Gasteiger partial charge >= 0.3 is 0 Å². The second-order valence-electron chi connectivity index (χ2n) is 4.55. The van der Waals surface area contributed by atoms with E-state index in [0.29, 0.717) is 0 Å². The standard InChI is InChI=1S/C7H18O3SSi/c1-7(2,3)12(5,6)10-11(4,8)9/h1-6H3. The zero-order valence-corrected chi connectivity index (χ0v) is 10.4. The van der Waals surface area contributed by atoms with Gasteiger partial charge in [-0.05, 0) is 18.1 Å². The summed E-state index contributed by atoms with van der Waals surface area (Å²) >= 11 is 0. The van der Waals surface area contributed by atoms with E-state index in [-0.39, 0.29) is 5.04 Å². The minimum absolute atomic E-state index is 0.0594. The number of rotatable bonds is 2. The fourth-order valence-corrected chi connectivity index (χ4v) is 4.53. The Morgan fingerprint density at radius 1 is 1.17 bits per heavy atom. The molecule has 0 radical (unpaired) electrons. The van der Waals surface area contributed by atoms with Crippen LogP contribution in [0.3, 0.4) is 0 Å². The van der Waals surface area contributed by atoms with E-state index in [1.807, 2.05) is 33.9 Å². The second kappa shape index (κ2) is 3.12. The first kappa shape index (κ1) is 12.1. The summed E-state index contributed by atoms with van der Waals surface area (Å²) in [6.07, 6.45) is 1.10. The molecule has 0 aromatic carbocycles. The van der Waals surface area contributed by atoms with Crippen LogP contribution < -0.4 is 0 Å². The predicted octanol–water partition coefficient (Wildman–Crippen LogP) is 1.97. The highest BCUT2D eigenvalue weighted by Crippen LogP contribution is 2.37. The molecule has 0 spiro atoms. The molecule has 0 aliphatic rings. The molecule has 0 unspecified atom stereocenters. The van der Waals surface area contributed by atoms with Gasteiger partial charge in [-0.3, -0.25) is 0 Å². The van der Waals surface area contributed by atoms with Gasteiger partial charge < -0.3 is 3.87 Å². The fraction of sp³-hybridized carbons (Fsp3) is 1.00. The molecule has 0 saturated carbocycles. The van der Waals surface area contributed by atoms with Crippen molar-refractivity contribution in [1.82, 2.24) is 0 Å². The van der Waals surface area contributed by atoms with E-state index < -0.39 is 18.4 Å². The van der Waals surface area contributed by atoms with Crippen molar-refractivity contribution in [2.24, 2.45) is 0 Å². The molecule has 0 aromatic rings. The topological polar surface area (TPSA) is 43.4 Å². The first-order valence-corrected chi connectivity index (χ1v) is 8.59. The van der Waals surface area contributed by atoms with Crippen LogP contribution in [0.4, 0.5) is 0 Å². The third kappa shape index (κ3) is 3.69. The van der Waals surface area contributed by atoms with Crippen LogP contribution in [0.2, 0.25) is 18.1 Å². The Bertz CT molecular complexity index is 248. The minimum atomic E-state index is -3.30. The first-order chi connectivity index (χ1) is 4.96. The quantitative estimate of drug-likeness (QED) is 0.654. The van der Waals surface area contributed by atoms with Crippen LogP contribution in [-0.2, 0) is 14.0 Å². The fourth-order valence-electron chi connectivity index (χ4n) is 0.503. The Morgan fingerprint density at radius 2 is 1.50 bits per heavy atom. The van der Waals surface area contributed by atoms with Gasteiger partial charge in [0, 0.05) is 0 Å². The highest BCUT2D eigenvalue weighted by atomic mass is 32.2. The molecule has 0 rings (SSSR count). The maximum atomic E-state index is 10.9. The van der Waals surface area contributed by atoms with Crippen molar-refractivity contribution in [1.29, 1.82) is 0 Å². The zero-order valence-electron chi connectivity index (χ0n) is 8.63. The van der Waals surface area contributed by atoms with Crippen molar-refractivity contribution in [3.63, 3.8) is 0 Å². The molecular formula is C7H18O3SSi. The van der Waals surface area contributed by atoms with Gasteiger partial charge in [-0.25, -0.2) is 8.42 Å². The van der Waals surface area contributed by atoms with Crippen molar-refractivity contribution in [2.45, 2.75) is 38.9 Å². The van der Waals surface area contributed by atoms with E-state index in [9.17, 15) is 8.42 Å². The molecule has 0 atom stereocenters. The van der Waals surface area contributed by atoms with Crippen LogP contribution in [-0.4, -0.2) is 23.0 Å². The molecule has 3 nitrogen and oxygen atoms in total. The lowest BCUT2D eigenvalue weighted by Crippen LogP contribution is -2.42. The predicted molar refractivity (Wildman–Crippen MR) is 53.1 cm³/mol. The third-order valence-electron chi connectivity index (χ3n) is 2.17. The van der Waals surface area contributed by atoms with Crippen LogP contribution >= 0.6 is 0 Å². The van der Waals surface area contributed by atoms with Gasteiger partial charge in [0.2, 0.25) is 8.32 Å². The normalized spacial score (nSPS) is 14.8. The monoisotopic (exact) mass is 210 g/mol. The summed E-state index contributed by atoms with van der Waals surface area (Å²) in [6.45, 7) is 9.83. The molecule has 0 heterocycles. The molecule has 5 heteroatoms. The molecule has 0 bridgehead atoms. The molecule has 0 aliphatic carbocycles. The maximum Gasteiger partial charge on any atom is 0.254 e. The first-order valence-electron chi connectivity index (χ1n) is 3.86. The average Bonchev–Trinajstić information content (AvgIpc) is 1.52. The lowest BCUT2D eigenvalue weighted by Gasteiger charge is -2.34. The summed E-state index contributed by atoms with van der Waals surface area (Å²) in [6, 6.07) is 0. The van der Waals surface area contributed by atoms with Crippen molar-refractivity contribution < 1.29 is 12.3 Å². The van der Waals surface area contributed by atoms with Gasteiger partial charge in [0.1, 0.15) is 0 Å². The Labute approximate surface area is 76.4 Å². The van der Waals surface area contributed by atoms with Gasteiger partial charge in [0.25, 0.3) is 10.1 Å². The van der Waals surface area contributed by atoms with Crippen LogP contribution in [0, 0.1) is 0 Å². The van der Waals surface area contributed by atoms with Gasteiger partial charge in [0.15, 0.2) is 0 Å². The van der Waals surface area contributed by atoms with E-state index in [0.717, 1.165) is 6.26 Å². The maximum absolute atomic E-state index is 10.9. The second-order valence-corrected chi connectivity index (χ2v) is 11.1. The van der Waals surface area contributed by atoms with E-state index in [1.54, 1.807) is 0 Å². The van der Waals surface area contributed by atoms with E-state index >= 15 is 0 Å². The molecule has 0 saturated heterocycles.